The highest BCUT2D eigenvalue weighted by atomic mass is 35.5. The summed E-state index contributed by atoms with van der Waals surface area (Å²) in [6, 6.07) is 7.60. The van der Waals surface area contributed by atoms with Gasteiger partial charge in [0.1, 0.15) is 11.5 Å². The molecule has 1 unspecified atom stereocenters. The Morgan fingerprint density at radius 3 is 2.61 bits per heavy atom. The summed E-state index contributed by atoms with van der Waals surface area (Å²) in [7, 11) is 0. The molecule has 4 heteroatoms. The molecule has 0 spiro atoms. The van der Waals surface area contributed by atoms with E-state index >= 15 is 0 Å². The summed E-state index contributed by atoms with van der Waals surface area (Å²) in [6.07, 6.45) is 0. The third-order valence-corrected chi connectivity index (χ3v) is 3.27. The average molecular weight is 265 g/mol. The van der Waals surface area contributed by atoms with E-state index < -0.39 is 0 Å². The zero-order valence-corrected chi connectivity index (χ0v) is 11.5. The van der Waals surface area contributed by atoms with Crippen LogP contribution in [0.2, 0.25) is 5.02 Å². The highest BCUT2D eigenvalue weighted by molar-refractivity contribution is 6.33. The van der Waals surface area contributed by atoms with Crippen molar-refractivity contribution in [2.45, 2.75) is 26.8 Å². The van der Waals surface area contributed by atoms with Crippen LogP contribution in [0.25, 0.3) is 0 Å². The van der Waals surface area contributed by atoms with Crippen LogP contribution in [0.1, 0.15) is 30.0 Å². The number of halogens is 1. The van der Waals surface area contributed by atoms with Crippen LogP contribution < -0.4 is 11.1 Å². The van der Waals surface area contributed by atoms with Crippen LogP contribution in [0, 0.1) is 13.8 Å². The minimum atomic E-state index is 0.0876. The molecule has 3 N–H and O–H groups in total. The summed E-state index contributed by atoms with van der Waals surface area (Å²) >= 11 is 6.14. The van der Waals surface area contributed by atoms with Crippen molar-refractivity contribution in [1.82, 2.24) is 0 Å². The monoisotopic (exact) mass is 264 g/mol. The Hall–Kier alpha value is -1.61. The van der Waals surface area contributed by atoms with Crippen molar-refractivity contribution in [3.05, 3.63) is 46.4 Å². The van der Waals surface area contributed by atoms with Gasteiger partial charge in [-0.25, -0.2) is 0 Å². The Labute approximate surface area is 112 Å². The van der Waals surface area contributed by atoms with Crippen LogP contribution >= 0.6 is 11.6 Å². The number of aryl methyl sites for hydroxylation is 2. The lowest BCUT2D eigenvalue weighted by Crippen LogP contribution is -2.09. The first-order valence-corrected chi connectivity index (χ1v) is 6.24. The lowest BCUT2D eigenvalue weighted by molar-refractivity contribution is 0.500. The van der Waals surface area contributed by atoms with Gasteiger partial charge in [0.25, 0.3) is 0 Å². The molecule has 0 aliphatic rings. The summed E-state index contributed by atoms with van der Waals surface area (Å²) in [6.45, 7) is 5.95. The van der Waals surface area contributed by atoms with Gasteiger partial charge in [0, 0.05) is 5.56 Å². The zero-order valence-electron chi connectivity index (χ0n) is 10.8. The number of nitrogen functional groups attached to an aromatic ring is 1. The zero-order chi connectivity index (χ0) is 13.3. The predicted molar refractivity (Wildman–Crippen MR) is 76.1 cm³/mol. The average Bonchev–Trinajstić information content (AvgIpc) is 2.63. The molecule has 0 saturated heterocycles. The number of nitrogens with one attached hydrogen (secondary N) is 1. The van der Waals surface area contributed by atoms with Crippen molar-refractivity contribution in [2.75, 3.05) is 11.1 Å². The standard InChI is InChI=1S/C14H17ClN2O/c1-8-7-11(10(3)18-8)9(2)17-14-12(15)5-4-6-13(14)16/h4-7,9,17H,16H2,1-3H3. The van der Waals surface area contributed by atoms with E-state index in [2.05, 4.69) is 12.2 Å². The molecule has 1 aromatic carbocycles. The van der Waals surface area contributed by atoms with Gasteiger partial charge in [-0.05, 0) is 39.0 Å². The van der Waals surface area contributed by atoms with Crippen molar-refractivity contribution >= 4 is 23.0 Å². The summed E-state index contributed by atoms with van der Waals surface area (Å²) in [5.74, 6) is 1.82. The second kappa shape index (κ2) is 4.94. The smallest absolute Gasteiger partial charge is 0.106 e. The fraction of sp³-hybridized carbons (Fsp3) is 0.286. The van der Waals surface area contributed by atoms with Gasteiger partial charge in [-0.2, -0.15) is 0 Å². The first kappa shape index (κ1) is 12.8. The Balaban J connectivity index is 2.26. The molecule has 0 aliphatic carbocycles. The molecule has 96 valence electrons. The molecule has 0 amide bonds. The van der Waals surface area contributed by atoms with Crippen LogP contribution in [0.15, 0.2) is 28.7 Å². The van der Waals surface area contributed by atoms with Crippen LogP contribution in [0.4, 0.5) is 11.4 Å². The number of para-hydroxylation sites is 1. The molecule has 0 radical (unpaired) electrons. The van der Waals surface area contributed by atoms with Gasteiger partial charge in [0.05, 0.1) is 22.4 Å². The van der Waals surface area contributed by atoms with Gasteiger partial charge in [0.15, 0.2) is 0 Å². The van der Waals surface area contributed by atoms with E-state index in [4.69, 9.17) is 21.8 Å². The van der Waals surface area contributed by atoms with Gasteiger partial charge < -0.3 is 15.5 Å². The van der Waals surface area contributed by atoms with E-state index in [1.807, 2.05) is 38.1 Å². The summed E-state index contributed by atoms with van der Waals surface area (Å²) < 4.78 is 5.53. The SMILES string of the molecule is Cc1cc(C(C)Nc2c(N)cccc2Cl)c(C)o1. The minimum absolute atomic E-state index is 0.0876. The van der Waals surface area contributed by atoms with Crippen molar-refractivity contribution in [3.63, 3.8) is 0 Å². The Morgan fingerprint density at radius 2 is 2.06 bits per heavy atom. The topological polar surface area (TPSA) is 51.2 Å². The molecule has 1 heterocycles. The Bertz CT molecular complexity index is 543. The summed E-state index contributed by atoms with van der Waals surface area (Å²) in [4.78, 5) is 0. The number of anilines is 2. The van der Waals surface area contributed by atoms with Gasteiger partial charge in [0.2, 0.25) is 0 Å². The number of nitrogens with two attached hydrogens (primary N) is 1. The fourth-order valence-electron chi connectivity index (χ4n) is 2.07. The molecular weight excluding hydrogens is 248 g/mol. The lowest BCUT2D eigenvalue weighted by Gasteiger charge is -2.17. The molecular formula is C14H17ClN2O. The number of furan rings is 1. The van der Waals surface area contributed by atoms with Crippen LogP contribution in [0.5, 0.6) is 0 Å². The molecule has 0 bridgehead atoms. The molecule has 18 heavy (non-hydrogen) atoms. The molecule has 1 atom stereocenters. The van der Waals surface area contributed by atoms with E-state index in [0.29, 0.717) is 10.7 Å². The van der Waals surface area contributed by atoms with E-state index in [-0.39, 0.29) is 6.04 Å². The molecule has 0 aliphatic heterocycles. The number of hydrogen-bond acceptors (Lipinski definition) is 3. The second-order valence-electron chi connectivity index (χ2n) is 4.44. The minimum Gasteiger partial charge on any atom is -0.466 e. The molecule has 3 nitrogen and oxygen atoms in total. The second-order valence-corrected chi connectivity index (χ2v) is 4.85. The number of rotatable bonds is 3. The molecule has 2 aromatic rings. The lowest BCUT2D eigenvalue weighted by atomic mass is 10.1. The summed E-state index contributed by atoms with van der Waals surface area (Å²) in [5, 5.41) is 3.96. The first-order chi connectivity index (χ1) is 8.49. The third-order valence-electron chi connectivity index (χ3n) is 2.95. The van der Waals surface area contributed by atoms with Gasteiger partial charge in [-0.1, -0.05) is 17.7 Å². The van der Waals surface area contributed by atoms with E-state index in [1.165, 1.54) is 0 Å². The highest BCUT2D eigenvalue weighted by Gasteiger charge is 2.14. The highest BCUT2D eigenvalue weighted by Crippen LogP contribution is 2.32. The Morgan fingerprint density at radius 1 is 1.33 bits per heavy atom. The van der Waals surface area contributed by atoms with Crippen molar-refractivity contribution in [2.24, 2.45) is 0 Å². The quantitative estimate of drug-likeness (QED) is 0.813. The summed E-state index contributed by atoms with van der Waals surface area (Å²) in [5.41, 5.74) is 8.45. The molecule has 0 saturated carbocycles. The van der Waals surface area contributed by atoms with E-state index in [9.17, 15) is 0 Å². The van der Waals surface area contributed by atoms with Gasteiger partial charge in [-0.15, -0.1) is 0 Å². The van der Waals surface area contributed by atoms with Gasteiger partial charge >= 0.3 is 0 Å². The van der Waals surface area contributed by atoms with E-state index in [0.717, 1.165) is 22.8 Å². The molecule has 2 rings (SSSR count). The molecule has 1 aromatic heterocycles. The molecule has 0 fully saturated rings. The number of benzene rings is 1. The van der Waals surface area contributed by atoms with Crippen LogP contribution in [-0.4, -0.2) is 0 Å². The van der Waals surface area contributed by atoms with Gasteiger partial charge in [-0.3, -0.25) is 0 Å². The van der Waals surface area contributed by atoms with Crippen LogP contribution in [-0.2, 0) is 0 Å². The van der Waals surface area contributed by atoms with E-state index in [1.54, 1.807) is 0 Å². The maximum absolute atomic E-state index is 6.14. The number of hydrogen-bond donors (Lipinski definition) is 2. The normalized spacial score (nSPS) is 12.4. The fourth-order valence-corrected chi connectivity index (χ4v) is 2.30. The first-order valence-electron chi connectivity index (χ1n) is 5.86. The Kier molecular flexibility index (Phi) is 3.53. The van der Waals surface area contributed by atoms with Crippen molar-refractivity contribution in [3.8, 4) is 0 Å². The maximum atomic E-state index is 6.14. The van der Waals surface area contributed by atoms with Crippen molar-refractivity contribution < 1.29 is 4.42 Å². The van der Waals surface area contributed by atoms with Crippen molar-refractivity contribution in [1.29, 1.82) is 0 Å². The maximum Gasteiger partial charge on any atom is 0.106 e. The predicted octanol–water partition coefficient (Wildman–Crippen LogP) is 4.31. The third kappa shape index (κ3) is 2.46. The van der Waals surface area contributed by atoms with Crippen LogP contribution in [0.3, 0.4) is 0 Å². The largest absolute Gasteiger partial charge is 0.466 e.